The van der Waals surface area contributed by atoms with Crippen LogP contribution in [0.25, 0.3) is 6.08 Å². The first kappa shape index (κ1) is 32.4. The van der Waals surface area contributed by atoms with E-state index in [9.17, 15) is 18.7 Å². The Morgan fingerprint density at radius 3 is 2.51 bits per heavy atom. The number of hydrogen-bond acceptors (Lipinski definition) is 8. The molecule has 45 heavy (non-hydrogen) atoms. The summed E-state index contributed by atoms with van der Waals surface area (Å²) in [5.41, 5.74) is 1.52. The van der Waals surface area contributed by atoms with E-state index in [0.717, 1.165) is 28.8 Å². The molecule has 0 saturated carbocycles. The van der Waals surface area contributed by atoms with E-state index in [1.165, 1.54) is 30.2 Å². The number of rotatable bonds is 12. The van der Waals surface area contributed by atoms with Crippen LogP contribution in [-0.2, 0) is 21.5 Å². The zero-order chi connectivity index (χ0) is 31.8. The van der Waals surface area contributed by atoms with Crippen LogP contribution in [0.2, 0.25) is 0 Å². The SMILES string of the molecule is CC(SC1COC(c2ccc(C(=O)/C=C/c3ccc(CC#N)cc3)cc2)OC1)[C@](O)(CCC1C=NC=N1)c1ccc(F)cc1F. The molecule has 2 unspecified atom stereocenters. The molecule has 232 valence electrons. The number of ketones is 1. The van der Waals surface area contributed by atoms with Crippen LogP contribution in [-0.4, -0.2) is 53.2 Å². The molecule has 0 aliphatic carbocycles. The van der Waals surface area contributed by atoms with Crippen molar-refractivity contribution in [3.63, 3.8) is 0 Å². The number of aliphatic hydroxyl groups is 1. The van der Waals surface area contributed by atoms with E-state index in [2.05, 4.69) is 16.1 Å². The van der Waals surface area contributed by atoms with Crippen molar-refractivity contribution in [1.82, 2.24) is 0 Å². The topological polar surface area (TPSA) is 104 Å². The largest absolute Gasteiger partial charge is 0.384 e. The molecule has 0 aromatic heterocycles. The quantitative estimate of drug-likeness (QED) is 0.179. The van der Waals surface area contributed by atoms with Gasteiger partial charge in [0.25, 0.3) is 0 Å². The summed E-state index contributed by atoms with van der Waals surface area (Å²) in [6, 6.07) is 19.7. The number of benzene rings is 3. The minimum absolute atomic E-state index is 0.0383. The average molecular weight is 630 g/mol. The van der Waals surface area contributed by atoms with Crippen molar-refractivity contribution in [3.8, 4) is 6.07 Å². The number of nitriles is 1. The molecule has 2 heterocycles. The van der Waals surface area contributed by atoms with E-state index >= 15 is 0 Å². The first-order valence-electron chi connectivity index (χ1n) is 14.6. The normalized spacial score (nSPS) is 21.4. The molecule has 10 heteroatoms. The summed E-state index contributed by atoms with van der Waals surface area (Å²) >= 11 is 1.43. The highest BCUT2D eigenvalue weighted by atomic mass is 32.2. The lowest BCUT2D eigenvalue weighted by Gasteiger charge is -2.38. The van der Waals surface area contributed by atoms with Gasteiger partial charge in [0.15, 0.2) is 12.1 Å². The summed E-state index contributed by atoms with van der Waals surface area (Å²) in [5, 5.41) is 20.0. The molecule has 1 fully saturated rings. The first-order valence-corrected chi connectivity index (χ1v) is 15.6. The highest BCUT2D eigenvalue weighted by molar-refractivity contribution is 8.00. The third kappa shape index (κ3) is 8.18. The molecular weight excluding hydrogens is 596 g/mol. The number of nitrogens with zero attached hydrogens (tertiary/aromatic N) is 3. The Kier molecular flexibility index (Phi) is 10.7. The van der Waals surface area contributed by atoms with E-state index in [4.69, 9.17) is 14.7 Å². The van der Waals surface area contributed by atoms with Gasteiger partial charge in [-0.3, -0.25) is 9.79 Å². The number of thioether (sulfide) groups is 1. The number of halogens is 2. The highest BCUT2D eigenvalue weighted by Gasteiger charge is 2.40. The zero-order valence-electron chi connectivity index (χ0n) is 24.7. The second-order valence-electron chi connectivity index (χ2n) is 11.0. The van der Waals surface area contributed by atoms with Crippen LogP contribution in [0.3, 0.4) is 0 Å². The molecule has 5 rings (SSSR count). The Labute approximate surface area is 265 Å². The third-order valence-corrected chi connectivity index (χ3v) is 9.35. The van der Waals surface area contributed by atoms with Crippen molar-refractivity contribution in [3.05, 3.63) is 112 Å². The maximum Gasteiger partial charge on any atom is 0.185 e. The second-order valence-corrected chi connectivity index (χ2v) is 12.7. The van der Waals surface area contributed by atoms with E-state index in [1.54, 1.807) is 36.6 Å². The minimum atomic E-state index is -1.59. The third-order valence-electron chi connectivity index (χ3n) is 7.90. The van der Waals surface area contributed by atoms with Crippen molar-refractivity contribution in [1.29, 1.82) is 5.26 Å². The van der Waals surface area contributed by atoms with Gasteiger partial charge >= 0.3 is 0 Å². The molecule has 3 aromatic carbocycles. The van der Waals surface area contributed by atoms with Crippen LogP contribution < -0.4 is 0 Å². The van der Waals surface area contributed by atoms with Crippen molar-refractivity contribution >= 4 is 36.2 Å². The summed E-state index contributed by atoms with van der Waals surface area (Å²) in [6.07, 6.45) is 6.76. The van der Waals surface area contributed by atoms with Crippen LogP contribution in [0.1, 0.15) is 58.7 Å². The molecule has 1 saturated heterocycles. The molecule has 0 bridgehead atoms. The van der Waals surface area contributed by atoms with Gasteiger partial charge in [-0.25, -0.2) is 13.8 Å². The fourth-order valence-electron chi connectivity index (χ4n) is 5.28. The number of ether oxygens (including phenoxy) is 2. The van der Waals surface area contributed by atoms with Gasteiger partial charge in [0.05, 0.1) is 37.0 Å². The molecule has 1 N–H and O–H groups in total. The smallest absolute Gasteiger partial charge is 0.185 e. The Morgan fingerprint density at radius 1 is 1.13 bits per heavy atom. The van der Waals surface area contributed by atoms with Crippen LogP contribution in [0.4, 0.5) is 8.78 Å². The lowest BCUT2D eigenvalue weighted by Crippen LogP contribution is -2.40. The van der Waals surface area contributed by atoms with Crippen LogP contribution >= 0.6 is 11.8 Å². The predicted molar refractivity (Wildman–Crippen MR) is 171 cm³/mol. The molecule has 3 aromatic rings. The van der Waals surface area contributed by atoms with Crippen molar-refractivity contribution < 1.29 is 28.2 Å². The maximum atomic E-state index is 14.9. The van der Waals surface area contributed by atoms with Gasteiger partial charge in [-0.2, -0.15) is 5.26 Å². The molecular formula is C35H33F2N3O4S. The summed E-state index contributed by atoms with van der Waals surface area (Å²) in [4.78, 5) is 20.9. The summed E-state index contributed by atoms with van der Waals surface area (Å²) in [7, 11) is 0. The molecule has 0 spiro atoms. The molecule has 3 atom stereocenters. The first-order chi connectivity index (χ1) is 21.7. The van der Waals surface area contributed by atoms with Crippen molar-refractivity contribution in [2.75, 3.05) is 13.2 Å². The fraction of sp³-hybridized carbons (Fsp3) is 0.314. The number of hydrogen-bond donors (Lipinski definition) is 1. The molecule has 0 amide bonds. The number of allylic oxidation sites excluding steroid dienone is 1. The Morgan fingerprint density at radius 2 is 1.87 bits per heavy atom. The van der Waals surface area contributed by atoms with E-state index < -0.39 is 28.8 Å². The van der Waals surface area contributed by atoms with Crippen LogP contribution in [0.15, 0.2) is 82.8 Å². The van der Waals surface area contributed by atoms with Gasteiger partial charge in [-0.05, 0) is 36.1 Å². The van der Waals surface area contributed by atoms with E-state index in [0.29, 0.717) is 31.6 Å². The van der Waals surface area contributed by atoms with Crippen molar-refractivity contribution in [2.24, 2.45) is 9.98 Å². The predicted octanol–water partition coefficient (Wildman–Crippen LogP) is 6.61. The van der Waals surface area contributed by atoms with Gasteiger partial charge < -0.3 is 14.6 Å². The van der Waals surface area contributed by atoms with Gasteiger partial charge in [-0.1, -0.05) is 67.6 Å². The van der Waals surface area contributed by atoms with Crippen LogP contribution in [0, 0.1) is 23.0 Å². The zero-order valence-corrected chi connectivity index (χ0v) is 25.5. The summed E-state index contributed by atoms with van der Waals surface area (Å²) in [5.74, 6) is -1.65. The Bertz CT molecular complexity index is 1600. The minimum Gasteiger partial charge on any atom is -0.384 e. The fourth-order valence-corrected chi connectivity index (χ4v) is 6.64. The lowest BCUT2D eigenvalue weighted by molar-refractivity contribution is -0.180. The molecule has 0 radical (unpaired) electrons. The van der Waals surface area contributed by atoms with Crippen molar-refractivity contribution in [2.45, 2.75) is 54.6 Å². The Balaban J connectivity index is 1.17. The second kappa shape index (κ2) is 14.8. The maximum absolute atomic E-state index is 14.9. The van der Waals surface area contributed by atoms with E-state index in [-0.39, 0.29) is 29.1 Å². The van der Waals surface area contributed by atoms with Gasteiger partial charge in [0.2, 0.25) is 0 Å². The van der Waals surface area contributed by atoms with Gasteiger partial charge in [0, 0.05) is 34.2 Å². The average Bonchev–Trinajstić information content (AvgIpc) is 3.58. The number of aliphatic imine (C=N–C) groups is 2. The highest BCUT2D eigenvalue weighted by Crippen LogP contribution is 2.41. The van der Waals surface area contributed by atoms with Crippen LogP contribution in [0.5, 0.6) is 0 Å². The summed E-state index contributed by atoms with van der Waals surface area (Å²) < 4.78 is 40.6. The molecule has 7 nitrogen and oxygen atoms in total. The summed E-state index contributed by atoms with van der Waals surface area (Å²) in [6.45, 7) is 2.48. The monoisotopic (exact) mass is 629 g/mol. The molecule has 2 aliphatic rings. The van der Waals surface area contributed by atoms with Gasteiger partial charge in [0.1, 0.15) is 23.6 Å². The number of carbonyl (C=O) groups is 1. The van der Waals surface area contributed by atoms with Gasteiger partial charge in [-0.15, -0.1) is 11.8 Å². The lowest BCUT2D eigenvalue weighted by atomic mass is 9.84. The van der Waals surface area contributed by atoms with E-state index in [1.807, 2.05) is 31.2 Å². The standard InChI is InChI=1S/C35H33F2N3O4S/c1-23(35(42,16-14-29-19-39-22-40-29)31-12-11-28(36)18-32(31)37)45-30-20-43-34(44-21-30)27-9-7-26(8-10-27)33(41)13-6-24-2-4-25(5-3-24)15-17-38/h2-13,18-19,22-23,29-30,34,42H,14-16,20-21H2,1H3/b13-6+/t23?,29?,30?,34?,35-/m1/s1. The number of carbonyl (C=O) groups excluding carboxylic acids is 1. The Hall–Kier alpha value is -4.01. The molecule has 2 aliphatic heterocycles.